The van der Waals surface area contributed by atoms with Gasteiger partial charge in [0.2, 0.25) is 0 Å². The van der Waals surface area contributed by atoms with E-state index in [1.165, 1.54) is 90.1 Å². The van der Waals surface area contributed by atoms with Crippen LogP contribution in [0.15, 0.2) is 0 Å². The quantitative estimate of drug-likeness (QED) is 0.472. The zero-order valence-corrected chi connectivity index (χ0v) is 12.9. The normalized spacial score (nSPS) is 21.3. The minimum absolute atomic E-state index is 0.925. The molecule has 0 bridgehead atoms. The van der Waals surface area contributed by atoms with Crippen molar-refractivity contribution in [3.8, 4) is 0 Å². The van der Waals surface area contributed by atoms with Crippen molar-refractivity contribution in [3.63, 3.8) is 0 Å². The van der Waals surface area contributed by atoms with Crippen LogP contribution in [0, 0.1) is 0 Å². The van der Waals surface area contributed by atoms with Crippen LogP contribution in [0.2, 0.25) is 0 Å². The Hall–Kier alpha value is -0.0400. The van der Waals surface area contributed by atoms with Gasteiger partial charge in [-0.1, -0.05) is 65.2 Å². The van der Waals surface area contributed by atoms with Gasteiger partial charge in [0, 0.05) is 6.04 Å². The van der Waals surface area contributed by atoms with E-state index in [9.17, 15) is 0 Å². The minimum Gasteiger partial charge on any atom is -0.300 e. The number of unbranched alkanes of at least 4 members (excludes halogenated alkanes) is 6. The van der Waals surface area contributed by atoms with E-state index in [0.29, 0.717) is 0 Å². The fourth-order valence-electron chi connectivity index (χ4n) is 3.22. The first-order valence-corrected chi connectivity index (χ1v) is 8.62. The van der Waals surface area contributed by atoms with E-state index in [0.717, 1.165) is 6.04 Å². The summed E-state index contributed by atoms with van der Waals surface area (Å²) in [5.74, 6) is 0. The van der Waals surface area contributed by atoms with E-state index >= 15 is 0 Å². The van der Waals surface area contributed by atoms with Crippen LogP contribution >= 0.6 is 0 Å². The molecule has 1 heteroatoms. The van der Waals surface area contributed by atoms with Gasteiger partial charge in [-0.3, -0.25) is 0 Å². The Bertz CT molecular complexity index is 178. The summed E-state index contributed by atoms with van der Waals surface area (Å²) >= 11 is 0. The van der Waals surface area contributed by atoms with E-state index in [2.05, 4.69) is 18.7 Å². The van der Waals surface area contributed by atoms with Gasteiger partial charge >= 0.3 is 0 Å². The lowest BCUT2D eigenvalue weighted by Crippen LogP contribution is -2.40. The van der Waals surface area contributed by atoms with Crippen LogP contribution < -0.4 is 0 Å². The minimum atomic E-state index is 0.925. The molecule has 0 radical (unpaired) electrons. The van der Waals surface area contributed by atoms with Gasteiger partial charge < -0.3 is 4.90 Å². The molecule has 0 aromatic rings. The molecular formula is C17H35N. The molecule has 0 spiro atoms. The summed E-state index contributed by atoms with van der Waals surface area (Å²) in [7, 11) is 0. The Morgan fingerprint density at radius 2 is 1.56 bits per heavy atom. The van der Waals surface area contributed by atoms with E-state index in [4.69, 9.17) is 0 Å². The standard InChI is InChI=1S/C17H35N/c1-3-5-7-8-9-11-15-18-16-12-10-14-17(18)13-6-4-2/h17H,3-16H2,1-2H3. The zero-order valence-electron chi connectivity index (χ0n) is 12.9. The van der Waals surface area contributed by atoms with Crippen molar-refractivity contribution in [2.45, 2.75) is 96.9 Å². The molecule has 1 rings (SSSR count). The van der Waals surface area contributed by atoms with Crippen LogP contribution in [0.25, 0.3) is 0 Å². The predicted octanol–water partition coefficient (Wildman–Crippen LogP) is 5.39. The molecule has 0 N–H and O–H groups in total. The van der Waals surface area contributed by atoms with Gasteiger partial charge in [-0.05, 0) is 38.8 Å². The molecule has 1 atom stereocenters. The molecular weight excluding hydrogens is 218 g/mol. The third kappa shape index (κ3) is 6.78. The summed E-state index contributed by atoms with van der Waals surface area (Å²) in [6.07, 6.45) is 17.2. The van der Waals surface area contributed by atoms with Gasteiger partial charge in [-0.15, -0.1) is 0 Å². The average Bonchev–Trinajstić information content (AvgIpc) is 2.41. The van der Waals surface area contributed by atoms with Crippen molar-refractivity contribution in [2.24, 2.45) is 0 Å². The highest BCUT2D eigenvalue weighted by molar-refractivity contribution is 4.76. The molecule has 18 heavy (non-hydrogen) atoms. The number of hydrogen-bond donors (Lipinski definition) is 0. The first kappa shape index (κ1) is 16.0. The van der Waals surface area contributed by atoms with Gasteiger partial charge in [0.15, 0.2) is 0 Å². The first-order chi connectivity index (χ1) is 8.88. The molecule has 0 aliphatic carbocycles. The second-order valence-corrected chi connectivity index (χ2v) is 6.10. The summed E-state index contributed by atoms with van der Waals surface area (Å²) < 4.78 is 0. The van der Waals surface area contributed by atoms with Crippen LogP contribution in [0.4, 0.5) is 0 Å². The lowest BCUT2D eigenvalue weighted by atomic mass is 9.97. The van der Waals surface area contributed by atoms with Gasteiger partial charge in [0.1, 0.15) is 0 Å². The Morgan fingerprint density at radius 1 is 0.833 bits per heavy atom. The van der Waals surface area contributed by atoms with Crippen molar-refractivity contribution in [3.05, 3.63) is 0 Å². The third-order valence-corrected chi connectivity index (χ3v) is 4.44. The lowest BCUT2D eigenvalue weighted by Gasteiger charge is -2.36. The Morgan fingerprint density at radius 3 is 2.33 bits per heavy atom. The van der Waals surface area contributed by atoms with Crippen LogP contribution in [0.1, 0.15) is 90.9 Å². The number of rotatable bonds is 10. The van der Waals surface area contributed by atoms with Gasteiger partial charge in [0.25, 0.3) is 0 Å². The molecule has 0 aromatic carbocycles. The number of hydrogen-bond acceptors (Lipinski definition) is 1. The second-order valence-electron chi connectivity index (χ2n) is 6.10. The van der Waals surface area contributed by atoms with Gasteiger partial charge in [-0.2, -0.15) is 0 Å². The van der Waals surface area contributed by atoms with Crippen LogP contribution in [0.5, 0.6) is 0 Å². The first-order valence-electron chi connectivity index (χ1n) is 8.62. The summed E-state index contributed by atoms with van der Waals surface area (Å²) in [5.41, 5.74) is 0. The highest BCUT2D eigenvalue weighted by atomic mass is 15.2. The summed E-state index contributed by atoms with van der Waals surface area (Å²) in [6, 6.07) is 0.925. The lowest BCUT2D eigenvalue weighted by molar-refractivity contribution is 0.135. The van der Waals surface area contributed by atoms with Crippen molar-refractivity contribution >= 4 is 0 Å². The van der Waals surface area contributed by atoms with Crippen molar-refractivity contribution in [1.82, 2.24) is 4.90 Å². The highest BCUT2D eigenvalue weighted by Gasteiger charge is 2.20. The largest absolute Gasteiger partial charge is 0.300 e. The van der Waals surface area contributed by atoms with Crippen LogP contribution in [0.3, 0.4) is 0 Å². The second kappa shape index (κ2) is 10.8. The topological polar surface area (TPSA) is 3.24 Å². The van der Waals surface area contributed by atoms with Crippen molar-refractivity contribution < 1.29 is 0 Å². The fourth-order valence-corrected chi connectivity index (χ4v) is 3.22. The molecule has 1 fully saturated rings. The summed E-state index contributed by atoms with van der Waals surface area (Å²) in [5, 5.41) is 0. The fraction of sp³-hybridized carbons (Fsp3) is 1.00. The molecule has 108 valence electrons. The zero-order chi connectivity index (χ0) is 13.1. The molecule has 1 heterocycles. The van der Waals surface area contributed by atoms with E-state index in [-0.39, 0.29) is 0 Å². The molecule has 1 aliphatic heterocycles. The Balaban J connectivity index is 2.09. The van der Waals surface area contributed by atoms with Crippen molar-refractivity contribution in [1.29, 1.82) is 0 Å². The Kier molecular flexibility index (Phi) is 9.65. The molecule has 1 saturated heterocycles. The third-order valence-electron chi connectivity index (χ3n) is 4.44. The van der Waals surface area contributed by atoms with Crippen LogP contribution in [-0.2, 0) is 0 Å². The predicted molar refractivity (Wildman–Crippen MR) is 82.1 cm³/mol. The SMILES string of the molecule is CCCCCCCCN1CCCCC1CCCC. The van der Waals surface area contributed by atoms with Gasteiger partial charge in [0.05, 0.1) is 0 Å². The maximum absolute atomic E-state index is 2.80. The van der Waals surface area contributed by atoms with Gasteiger partial charge in [-0.25, -0.2) is 0 Å². The maximum Gasteiger partial charge on any atom is 0.00952 e. The number of piperidine rings is 1. The molecule has 1 aliphatic rings. The molecule has 1 nitrogen and oxygen atoms in total. The van der Waals surface area contributed by atoms with Crippen molar-refractivity contribution in [2.75, 3.05) is 13.1 Å². The maximum atomic E-state index is 2.80. The molecule has 0 aromatic heterocycles. The highest BCUT2D eigenvalue weighted by Crippen LogP contribution is 2.22. The molecule has 0 saturated carbocycles. The Labute approximate surface area is 115 Å². The van der Waals surface area contributed by atoms with E-state index < -0.39 is 0 Å². The monoisotopic (exact) mass is 253 g/mol. The average molecular weight is 253 g/mol. The summed E-state index contributed by atoms with van der Waals surface area (Å²) in [4.78, 5) is 2.80. The molecule has 0 amide bonds. The summed E-state index contributed by atoms with van der Waals surface area (Å²) in [6.45, 7) is 7.37. The van der Waals surface area contributed by atoms with E-state index in [1.807, 2.05) is 0 Å². The number of likely N-dealkylation sites (tertiary alicyclic amines) is 1. The van der Waals surface area contributed by atoms with E-state index in [1.54, 1.807) is 0 Å². The number of nitrogens with zero attached hydrogens (tertiary/aromatic N) is 1. The smallest absolute Gasteiger partial charge is 0.00952 e. The van der Waals surface area contributed by atoms with Crippen LogP contribution in [-0.4, -0.2) is 24.0 Å². The molecule has 1 unspecified atom stereocenters.